The zero-order valence-electron chi connectivity index (χ0n) is 8.80. The van der Waals surface area contributed by atoms with E-state index < -0.39 is 0 Å². The molecule has 1 heteroatoms. The van der Waals surface area contributed by atoms with E-state index in [1.165, 1.54) is 19.5 Å². The average Bonchev–Trinajstić information content (AvgIpc) is 2.04. The summed E-state index contributed by atoms with van der Waals surface area (Å²) in [6, 6.07) is 0.701. The molecule has 1 heterocycles. The Kier molecular flexibility index (Phi) is 3.33. The molecule has 0 aliphatic carbocycles. The third kappa shape index (κ3) is 2.34. The van der Waals surface area contributed by atoms with E-state index in [4.69, 9.17) is 0 Å². The molecule has 0 radical (unpaired) electrons. The summed E-state index contributed by atoms with van der Waals surface area (Å²) in [6.07, 6.45) is 3.66. The van der Waals surface area contributed by atoms with Crippen LogP contribution in [0.4, 0.5) is 0 Å². The van der Waals surface area contributed by atoms with Gasteiger partial charge in [0, 0.05) is 19.1 Å². The van der Waals surface area contributed by atoms with Gasteiger partial charge in [-0.1, -0.05) is 25.5 Å². The van der Waals surface area contributed by atoms with Crippen molar-refractivity contribution in [1.29, 1.82) is 0 Å². The first-order valence-electron chi connectivity index (χ1n) is 5.04. The summed E-state index contributed by atoms with van der Waals surface area (Å²) >= 11 is 0. The first kappa shape index (κ1) is 9.79. The van der Waals surface area contributed by atoms with Crippen LogP contribution in [-0.2, 0) is 0 Å². The van der Waals surface area contributed by atoms with E-state index >= 15 is 0 Å². The fraction of sp³-hybridized carbons (Fsp3) is 0.818. The van der Waals surface area contributed by atoms with E-state index in [1.807, 2.05) is 0 Å². The van der Waals surface area contributed by atoms with Crippen molar-refractivity contribution in [1.82, 2.24) is 4.90 Å². The molecule has 0 spiro atoms. The van der Waals surface area contributed by atoms with Crippen molar-refractivity contribution in [2.24, 2.45) is 5.92 Å². The van der Waals surface area contributed by atoms with E-state index in [-0.39, 0.29) is 0 Å². The molecule has 0 aromatic rings. The van der Waals surface area contributed by atoms with Crippen LogP contribution in [0.3, 0.4) is 0 Å². The summed E-state index contributed by atoms with van der Waals surface area (Å²) in [5.74, 6) is 0.728. The Bertz CT molecular complexity index is 168. The van der Waals surface area contributed by atoms with Crippen molar-refractivity contribution in [2.45, 2.75) is 40.2 Å². The van der Waals surface area contributed by atoms with Crippen LogP contribution in [0.15, 0.2) is 11.6 Å². The quantitative estimate of drug-likeness (QED) is 0.572. The molecule has 0 aromatic heterocycles. The molecule has 0 bridgehead atoms. The molecule has 1 rings (SSSR count). The Morgan fingerprint density at radius 1 is 1.25 bits per heavy atom. The van der Waals surface area contributed by atoms with Gasteiger partial charge in [-0.15, -0.1) is 0 Å². The van der Waals surface area contributed by atoms with Crippen molar-refractivity contribution >= 4 is 0 Å². The first-order valence-corrected chi connectivity index (χ1v) is 5.04. The van der Waals surface area contributed by atoms with Gasteiger partial charge in [-0.2, -0.15) is 0 Å². The molecular formula is C11H21N. The molecule has 0 N–H and O–H groups in total. The van der Waals surface area contributed by atoms with E-state index in [1.54, 1.807) is 5.57 Å². The van der Waals surface area contributed by atoms with Crippen LogP contribution in [0.5, 0.6) is 0 Å². The zero-order chi connectivity index (χ0) is 9.14. The number of hydrogen-bond acceptors (Lipinski definition) is 1. The second kappa shape index (κ2) is 4.08. The molecule has 0 amide bonds. The topological polar surface area (TPSA) is 3.24 Å². The standard InChI is InChI=1S/C11H21N/c1-9(2)11-6-5-7-12(8-11)10(3)4/h6,9-10H,5,7-8H2,1-4H3. The zero-order valence-corrected chi connectivity index (χ0v) is 8.80. The minimum absolute atomic E-state index is 0.701. The SMILES string of the molecule is CC(C)C1=CCCN(C(C)C)C1. The molecule has 70 valence electrons. The van der Waals surface area contributed by atoms with Crippen LogP contribution < -0.4 is 0 Å². The highest BCUT2D eigenvalue weighted by Gasteiger charge is 2.16. The molecular weight excluding hydrogens is 146 g/mol. The monoisotopic (exact) mass is 167 g/mol. The van der Waals surface area contributed by atoms with Gasteiger partial charge in [0.05, 0.1) is 0 Å². The summed E-state index contributed by atoms with van der Waals surface area (Å²) in [5.41, 5.74) is 1.62. The van der Waals surface area contributed by atoms with Gasteiger partial charge in [0.15, 0.2) is 0 Å². The van der Waals surface area contributed by atoms with Gasteiger partial charge in [0.2, 0.25) is 0 Å². The third-order valence-electron chi connectivity index (χ3n) is 2.68. The fourth-order valence-electron chi connectivity index (χ4n) is 1.65. The maximum absolute atomic E-state index is 2.55. The molecule has 0 fully saturated rings. The molecule has 12 heavy (non-hydrogen) atoms. The van der Waals surface area contributed by atoms with Crippen molar-refractivity contribution in [3.63, 3.8) is 0 Å². The van der Waals surface area contributed by atoms with Crippen LogP contribution in [0.2, 0.25) is 0 Å². The van der Waals surface area contributed by atoms with Gasteiger partial charge in [-0.3, -0.25) is 4.90 Å². The van der Waals surface area contributed by atoms with Gasteiger partial charge in [-0.05, 0) is 26.2 Å². The van der Waals surface area contributed by atoms with Crippen molar-refractivity contribution in [3.8, 4) is 0 Å². The lowest BCUT2D eigenvalue weighted by Gasteiger charge is -2.32. The highest BCUT2D eigenvalue weighted by atomic mass is 15.1. The summed E-state index contributed by atoms with van der Waals surface area (Å²) in [7, 11) is 0. The smallest absolute Gasteiger partial charge is 0.0198 e. The minimum Gasteiger partial charge on any atom is -0.297 e. The lowest BCUT2D eigenvalue weighted by atomic mass is 9.98. The molecule has 0 saturated heterocycles. The predicted molar refractivity (Wildman–Crippen MR) is 54.2 cm³/mol. The van der Waals surface area contributed by atoms with E-state index in [0.29, 0.717) is 6.04 Å². The summed E-state index contributed by atoms with van der Waals surface area (Å²) in [5, 5.41) is 0. The van der Waals surface area contributed by atoms with E-state index in [0.717, 1.165) is 5.92 Å². The average molecular weight is 167 g/mol. The van der Waals surface area contributed by atoms with Crippen molar-refractivity contribution in [2.75, 3.05) is 13.1 Å². The van der Waals surface area contributed by atoms with Crippen LogP contribution in [-0.4, -0.2) is 24.0 Å². The number of hydrogen-bond donors (Lipinski definition) is 0. The normalized spacial score (nSPS) is 20.3. The first-order chi connectivity index (χ1) is 5.61. The Morgan fingerprint density at radius 2 is 1.92 bits per heavy atom. The third-order valence-corrected chi connectivity index (χ3v) is 2.68. The molecule has 0 atom stereocenters. The summed E-state index contributed by atoms with van der Waals surface area (Å²) in [4.78, 5) is 2.55. The van der Waals surface area contributed by atoms with Crippen LogP contribution in [0.1, 0.15) is 34.1 Å². The lowest BCUT2D eigenvalue weighted by molar-refractivity contribution is 0.229. The van der Waals surface area contributed by atoms with Crippen LogP contribution in [0, 0.1) is 5.92 Å². The van der Waals surface area contributed by atoms with Gasteiger partial charge < -0.3 is 0 Å². The molecule has 1 aliphatic rings. The lowest BCUT2D eigenvalue weighted by Crippen LogP contribution is -2.36. The number of rotatable bonds is 2. The Labute approximate surface area is 76.5 Å². The Morgan fingerprint density at radius 3 is 2.42 bits per heavy atom. The fourth-order valence-corrected chi connectivity index (χ4v) is 1.65. The van der Waals surface area contributed by atoms with Crippen LogP contribution >= 0.6 is 0 Å². The second-order valence-electron chi connectivity index (χ2n) is 4.29. The molecule has 0 aromatic carbocycles. The van der Waals surface area contributed by atoms with Crippen LogP contribution in [0.25, 0.3) is 0 Å². The van der Waals surface area contributed by atoms with Gasteiger partial charge in [0.25, 0.3) is 0 Å². The molecule has 1 aliphatic heterocycles. The minimum atomic E-state index is 0.701. The van der Waals surface area contributed by atoms with E-state index in [9.17, 15) is 0 Å². The van der Waals surface area contributed by atoms with Gasteiger partial charge >= 0.3 is 0 Å². The Hall–Kier alpha value is -0.300. The maximum atomic E-state index is 2.55. The largest absolute Gasteiger partial charge is 0.297 e. The van der Waals surface area contributed by atoms with E-state index in [2.05, 4.69) is 38.7 Å². The molecule has 1 nitrogen and oxygen atoms in total. The van der Waals surface area contributed by atoms with Crippen molar-refractivity contribution in [3.05, 3.63) is 11.6 Å². The molecule has 0 saturated carbocycles. The highest BCUT2D eigenvalue weighted by Crippen LogP contribution is 2.18. The highest BCUT2D eigenvalue weighted by molar-refractivity contribution is 5.10. The van der Waals surface area contributed by atoms with Gasteiger partial charge in [-0.25, -0.2) is 0 Å². The maximum Gasteiger partial charge on any atom is 0.0198 e. The number of nitrogens with zero attached hydrogens (tertiary/aromatic N) is 1. The molecule has 0 unspecified atom stereocenters. The summed E-state index contributed by atoms with van der Waals surface area (Å²) < 4.78 is 0. The Balaban J connectivity index is 2.53. The summed E-state index contributed by atoms with van der Waals surface area (Å²) in [6.45, 7) is 11.6. The van der Waals surface area contributed by atoms with Crippen molar-refractivity contribution < 1.29 is 0 Å². The van der Waals surface area contributed by atoms with Gasteiger partial charge in [0.1, 0.15) is 0 Å². The predicted octanol–water partition coefficient (Wildman–Crippen LogP) is 2.68. The second-order valence-corrected chi connectivity index (χ2v) is 4.29.